The van der Waals surface area contributed by atoms with E-state index >= 15 is 0 Å². The predicted molar refractivity (Wildman–Crippen MR) is 72.3 cm³/mol. The highest BCUT2D eigenvalue weighted by atomic mass is 16.5. The first-order valence-corrected chi connectivity index (χ1v) is 6.48. The Labute approximate surface area is 116 Å². The summed E-state index contributed by atoms with van der Waals surface area (Å²) in [5.74, 6) is -0.758. The van der Waals surface area contributed by atoms with Crippen molar-refractivity contribution in [3.05, 3.63) is 34.2 Å². The van der Waals surface area contributed by atoms with Gasteiger partial charge >= 0.3 is 5.97 Å². The quantitative estimate of drug-likeness (QED) is 0.728. The number of aryl methyl sites for hydroxylation is 1. The molecule has 2 heterocycles. The van der Waals surface area contributed by atoms with E-state index in [1.165, 1.54) is 17.7 Å². The van der Waals surface area contributed by atoms with Crippen LogP contribution in [-0.2, 0) is 16.6 Å². The van der Waals surface area contributed by atoms with Gasteiger partial charge in [-0.15, -0.1) is 0 Å². The molecule has 1 aromatic rings. The molecule has 2 unspecified atom stereocenters. The summed E-state index contributed by atoms with van der Waals surface area (Å²) >= 11 is 0. The number of ether oxygens (including phenoxy) is 1. The van der Waals surface area contributed by atoms with Crippen molar-refractivity contribution in [2.45, 2.75) is 6.92 Å². The second kappa shape index (κ2) is 5.48. The maximum absolute atomic E-state index is 12.3. The minimum atomic E-state index is -0.296. The number of pyridine rings is 1. The van der Waals surface area contributed by atoms with Crippen molar-refractivity contribution in [2.24, 2.45) is 18.9 Å². The molecule has 1 aliphatic rings. The van der Waals surface area contributed by atoms with Gasteiger partial charge < -0.3 is 14.2 Å². The molecule has 6 nitrogen and oxygen atoms in total. The van der Waals surface area contributed by atoms with Crippen LogP contribution in [0.25, 0.3) is 0 Å². The van der Waals surface area contributed by atoms with Crippen molar-refractivity contribution in [1.29, 1.82) is 0 Å². The van der Waals surface area contributed by atoms with Crippen LogP contribution in [-0.4, -0.2) is 41.5 Å². The van der Waals surface area contributed by atoms with Crippen LogP contribution in [0.4, 0.5) is 0 Å². The van der Waals surface area contributed by atoms with Gasteiger partial charge in [0.2, 0.25) is 0 Å². The fourth-order valence-electron chi connectivity index (χ4n) is 2.45. The number of hydrogen-bond acceptors (Lipinski definition) is 4. The van der Waals surface area contributed by atoms with Crippen molar-refractivity contribution in [1.82, 2.24) is 9.47 Å². The summed E-state index contributed by atoms with van der Waals surface area (Å²) in [5, 5.41) is 0. The molecular weight excluding hydrogens is 260 g/mol. The Morgan fingerprint density at radius 3 is 2.65 bits per heavy atom. The van der Waals surface area contributed by atoms with Crippen LogP contribution in [0.1, 0.15) is 17.3 Å². The van der Waals surface area contributed by atoms with Crippen LogP contribution < -0.4 is 5.56 Å². The average Bonchev–Trinajstić information content (AvgIpc) is 2.82. The van der Waals surface area contributed by atoms with Crippen LogP contribution in [0.3, 0.4) is 0 Å². The summed E-state index contributed by atoms with van der Waals surface area (Å²) in [6, 6.07) is 2.93. The lowest BCUT2D eigenvalue weighted by Crippen LogP contribution is -2.31. The molecule has 6 heteroatoms. The van der Waals surface area contributed by atoms with Crippen LogP contribution in [0.2, 0.25) is 0 Å². The number of nitrogens with zero attached hydrogens (tertiary/aromatic N) is 2. The fraction of sp³-hybridized carbons (Fsp3) is 0.500. The molecule has 2 rings (SSSR count). The normalized spacial score (nSPS) is 21.9. The lowest BCUT2D eigenvalue weighted by molar-refractivity contribution is -0.146. The van der Waals surface area contributed by atoms with Gasteiger partial charge in [0.05, 0.1) is 13.0 Å². The zero-order valence-corrected chi connectivity index (χ0v) is 11.8. The van der Waals surface area contributed by atoms with Crippen molar-refractivity contribution in [3.8, 4) is 0 Å². The van der Waals surface area contributed by atoms with Gasteiger partial charge in [-0.3, -0.25) is 14.4 Å². The van der Waals surface area contributed by atoms with Gasteiger partial charge in [0.1, 0.15) is 0 Å². The second-order valence-electron chi connectivity index (χ2n) is 5.18. The Hall–Kier alpha value is -2.11. The van der Waals surface area contributed by atoms with Gasteiger partial charge in [-0.2, -0.15) is 0 Å². The van der Waals surface area contributed by atoms with Crippen LogP contribution in [0, 0.1) is 11.8 Å². The molecule has 0 radical (unpaired) electrons. The van der Waals surface area contributed by atoms with Gasteiger partial charge in [0.25, 0.3) is 11.5 Å². The molecule has 1 amide bonds. The van der Waals surface area contributed by atoms with Gasteiger partial charge in [-0.1, -0.05) is 6.92 Å². The highest BCUT2D eigenvalue weighted by Crippen LogP contribution is 2.25. The SMILES string of the molecule is COC(=O)C1CN(C(=O)c2ccn(C)c(=O)c2)CC1C. The molecule has 0 bridgehead atoms. The molecule has 0 aromatic carbocycles. The Kier molecular flexibility index (Phi) is 3.92. The summed E-state index contributed by atoms with van der Waals surface area (Å²) in [7, 11) is 2.97. The fourth-order valence-corrected chi connectivity index (χ4v) is 2.45. The minimum Gasteiger partial charge on any atom is -0.469 e. The van der Waals surface area contributed by atoms with Crippen molar-refractivity contribution in [3.63, 3.8) is 0 Å². The first-order valence-electron chi connectivity index (χ1n) is 6.48. The smallest absolute Gasteiger partial charge is 0.310 e. The molecule has 0 N–H and O–H groups in total. The highest BCUT2D eigenvalue weighted by molar-refractivity contribution is 5.94. The van der Waals surface area contributed by atoms with Gasteiger partial charge in [0.15, 0.2) is 0 Å². The number of carbonyl (C=O) groups excluding carboxylic acids is 2. The van der Waals surface area contributed by atoms with Crippen molar-refractivity contribution in [2.75, 3.05) is 20.2 Å². The number of aromatic nitrogens is 1. The molecule has 2 atom stereocenters. The van der Waals surface area contributed by atoms with Crippen molar-refractivity contribution < 1.29 is 14.3 Å². The van der Waals surface area contributed by atoms with E-state index in [2.05, 4.69) is 0 Å². The van der Waals surface area contributed by atoms with Gasteiger partial charge in [-0.05, 0) is 12.0 Å². The molecule has 0 saturated carbocycles. The van der Waals surface area contributed by atoms with E-state index in [9.17, 15) is 14.4 Å². The van der Waals surface area contributed by atoms with E-state index in [-0.39, 0.29) is 29.3 Å². The largest absolute Gasteiger partial charge is 0.469 e. The van der Waals surface area contributed by atoms with Crippen LogP contribution in [0.5, 0.6) is 0 Å². The van der Waals surface area contributed by atoms with E-state index in [0.717, 1.165) is 0 Å². The summed E-state index contributed by atoms with van der Waals surface area (Å²) < 4.78 is 6.15. The van der Waals surface area contributed by atoms with Crippen LogP contribution >= 0.6 is 0 Å². The monoisotopic (exact) mass is 278 g/mol. The molecule has 1 saturated heterocycles. The zero-order valence-electron chi connectivity index (χ0n) is 11.8. The molecule has 1 fully saturated rings. The lowest BCUT2D eigenvalue weighted by Gasteiger charge is -2.16. The maximum Gasteiger partial charge on any atom is 0.310 e. The van der Waals surface area contributed by atoms with E-state index in [1.807, 2.05) is 6.92 Å². The minimum absolute atomic E-state index is 0.0537. The first-order chi connectivity index (χ1) is 9.43. The van der Waals surface area contributed by atoms with E-state index < -0.39 is 0 Å². The van der Waals surface area contributed by atoms with Gasteiger partial charge in [0, 0.05) is 38.0 Å². The number of rotatable bonds is 2. The van der Waals surface area contributed by atoms with E-state index in [4.69, 9.17) is 4.74 Å². The highest BCUT2D eigenvalue weighted by Gasteiger charge is 2.37. The average molecular weight is 278 g/mol. The standard InChI is InChI=1S/C14H18N2O4/c1-9-7-16(8-11(9)14(19)20-3)13(18)10-4-5-15(2)12(17)6-10/h4-6,9,11H,7-8H2,1-3H3. The maximum atomic E-state index is 12.3. The third-order valence-electron chi connectivity index (χ3n) is 3.75. The Balaban J connectivity index is 2.16. The second-order valence-corrected chi connectivity index (χ2v) is 5.18. The Morgan fingerprint density at radius 1 is 1.35 bits per heavy atom. The number of likely N-dealkylation sites (tertiary alicyclic amines) is 1. The lowest BCUT2D eigenvalue weighted by atomic mass is 9.99. The summed E-state index contributed by atoms with van der Waals surface area (Å²) in [5.41, 5.74) is 0.124. The molecule has 1 aromatic heterocycles. The number of methoxy groups -OCH3 is 1. The number of hydrogen-bond donors (Lipinski definition) is 0. The molecule has 1 aliphatic heterocycles. The van der Waals surface area contributed by atoms with E-state index in [0.29, 0.717) is 18.7 Å². The molecule has 20 heavy (non-hydrogen) atoms. The number of carbonyl (C=O) groups is 2. The van der Waals surface area contributed by atoms with Gasteiger partial charge in [-0.25, -0.2) is 0 Å². The number of esters is 1. The van der Waals surface area contributed by atoms with E-state index in [1.54, 1.807) is 24.2 Å². The third-order valence-corrected chi connectivity index (χ3v) is 3.75. The van der Waals surface area contributed by atoms with Crippen LogP contribution in [0.15, 0.2) is 23.1 Å². The first kappa shape index (κ1) is 14.3. The topological polar surface area (TPSA) is 68.6 Å². The summed E-state index contributed by atoms with van der Waals surface area (Å²) in [6.45, 7) is 2.74. The Bertz CT molecular complexity index is 593. The third kappa shape index (κ3) is 2.59. The predicted octanol–water partition coefficient (Wildman–Crippen LogP) is 0.266. The summed E-state index contributed by atoms with van der Waals surface area (Å²) in [4.78, 5) is 37.1. The molecule has 108 valence electrons. The van der Waals surface area contributed by atoms with Crippen molar-refractivity contribution >= 4 is 11.9 Å². The molecule has 0 aliphatic carbocycles. The summed E-state index contributed by atoms with van der Waals surface area (Å²) in [6.07, 6.45) is 1.56. The molecular formula is C14H18N2O4. The Morgan fingerprint density at radius 2 is 2.05 bits per heavy atom. The zero-order chi connectivity index (χ0) is 14.9. The number of amides is 1. The molecule has 0 spiro atoms.